The second kappa shape index (κ2) is 7.30. The molecule has 0 atom stereocenters. The Balaban J connectivity index is 1.41. The fraction of sp³-hybridized carbons (Fsp3) is 0.316. The van der Waals surface area contributed by atoms with Crippen LogP contribution < -0.4 is 10.6 Å². The van der Waals surface area contributed by atoms with Crippen molar-refractivity contribution in [2.75, 3.05) is 26.2 Å². The number of hydrogen-bond donors (Lipinski definition) is 2. The fourth-order valence-electron chi connectivity index (χ4n) is 3.60. The molecule has 0 radical (unpaired) electrons. The van der Waals surface area contributed by atoms with Crippen LogP contribution in [-0.4, -0.2) is 48.5 Å². The molecule has 7 nitrogen and oxygen atoms in total. The monoisotopic (exact) mass is 387 g/mol. The van der Waals surface area contributed by atoms with Crippen LogP contribution in [0.4, 0.5) is 0 Å². The molecular weight excluding hydrogens is 364 g/mol. The molecule has 2 N–H and O–H groups in total. The molecule has 0 spiro atoms. The third-order valence-electron chi connectivity index (χ3n) is 5.08. The minimum Gasteiger partial charge on any atom is -0.315 e. The molecule has 0 bridgehead atoms. The summed E-state index contributed by atoms with van der Waals surface area (Å²) in [6.07, 6.45) is 0. The van der Waals surface area contributed by atoms with E-state index in [4.69, 9.17) is 0 Å². The van der Waals surface area contributed by atoms with E-state index >= 15 is 0 Å². The normalized spacial score (nSPS) is 16.7. The van der Waals surface area contributed by atoms with Gasteiger partial charge < -0.3 is 9.88 Å². The highest BCUT2D eigenvalue weighted by Gasteiger charge is 2.29. The highest BCUT2D eigenvalue weighted by atomic mass is 32.2. The van der Waals surface area contributed by atoms with Crippen molar-refractivity contribution in [3.63, 3.8) is 0 Å². The van der Waals surface area contributed by atoms with E-state index in [1.807, 2.05) is 54.6 Å². The van der Waals surface area contributed by atoms with E-state index < -0.39 is 10.0 Å². The molecule has 0 amide bonds. The maximum absolute atomic E-state index is 12.7. The number of nitrogens with zero attached hydrogens (tertiary/aromatic N) is 2. The van der Waals surface area contributed by atoms with Crippen LogP contribution in [0, 0.1) is 0 Å². The smallest absolute Gasteiger partial charge is 0.315 e. The van der Waals surface area contributed by atoms with Crippen LogP contribution in [0.2, 0.25) is 0 Å². The summed E-state index contributed by atoms with van der Waals surface area (Å²) >= 11 is 0. The van der Waals surface area contributed by atoms with Crippen LogP contribution in [0.5, 0.6) is 0 Å². The minimum atomic E-state index is -3.32. The van der Waals surface area contributed by atoms with E-state index in [-0.39, 0.29) is 11.4 Å². The van der Waals surface area contributed by atoms with Crippen molar-refractivity contribution < 1.29 is 13.3 Å². The van der Waals surface area contributed by atoms with Crippen molar-refractivity contribution in [2.24, 2.45) is 0 Å². The van der Waals surface area contributed by atoms with E-state index in [1.54, 1.807) is 8.87 Å². The van der Waals surface area contributed by atoms with Gasteiger partial charge in [0.05, 0.1) is 43.0 Å². The molecular formula is C19H23N4O3S+. The first-order valence-electron chi connectivity index (χ1n) is 9.06. The van der Waals surface area contributed by atoms with Gasteiger partial charge in [0.25, 0.3) is 0 Å². The van der Waals surface area contributed by atoms with E-state index in [2.05, 4.69) is 4.98 Å². The van der Waals surface area contributed by atoms with Crippen molar-refractivity contribution in [1.82, 2.24) is 13.9 Å². The molecule has 1 aromatic heterocycles. The summed E-state index contributed by atoms with van der Waals surface area (Å²) in [6, 6.07) is 16.9. The average molecular weight is 387 g/mol. The summed E-state index contributed by atoms with van der Waals surface area (Å²) < 4.78 is 28.6. The van der Waals surface area contributed by atoms with Crippen molar-refractivity contribution in [1.29, 1.82) is 0 Å². The zero-order valence-electron chi connectivity index (χ0n) is 15.0. The maximum atomic E-state index is 12.7. The number of quaternary nitrogens is 1. The van der Waals surface area contributed by atoms with Crippen LogP contribution in [0.3, 0.4) is 0 Å². The zero-order chi connectivity index (χ0) is 18.9. The number of nitrogens with one attached hydrogen (secondary N) is 2. The number of benzene rings is 2. The first-order chi connectivity index (χ1) is 13.0. The Morgan fingerprint density at radius 1 is 0.963 bits per heavy atom. The van der Waals surface area contributed by atoms with E-state index in [0.717, 1.165) is 16.6 Å². The van der Waals surface area contributed by atoms with Crippen LogP contribution in [0.15, 0.2) is 59.4 Å². The van der Waals surface area contributed by atoms with Crippen molar-refractivity contribution in [3.05, 3.63) is 70.6 Å². The number of fused-ring (bicyclic) bond motifs is 1. The molecule has 2 heterocycles. The molecule has 142 valence electrons. The van der Waals surface area contributed by atoms with E-state index in [1.165, 1.54) is 4.90 Å². The third kappa shape index (κ3) is 3.83. The largest absolute Gasteiger partial charge is 0.330 e. The summed E-state index contributed by atoms with van der Waals surface area (Å²) in [4.78, 5) is 16.3. The Morgan fingerprint density at radius 2 is 1.63 bits per heavy atom. The molecule has 0 saturated carbocycles. The third-order valence-corrected chi connectivity index (χ3v) is 6.93. The SMILES string of the molecule is O=c1[nH]c2ccccc2n1C[NH+]1CCN(S(=O)(=O)Cc2ccccc2)CC1. The standard InChI is InChI=1S/C19H22N4O3S/c24-19-20-17-8-4-5-9-18(17)23(19)15-21-10-12-22(13-11-21)27(25,26)14-16-6-2-1-3-7-16/h1-9H,10-15H2,(H,20,24)/p+1. The highest BCUT2D eigenvalue weighted by Crippen LogP contribution is 2.11. The second-order valence-electron chi connectivity index (χ2n) is 6.92. The highest BCUT2D eigenvalue weighted by molar-refractivity contribution is 7.88. The number of piperazine rings is 1. The first-order valence-corrected chi connectivity index (χ1v) is 10.7. The van der Waals surface area contributed by atoms with E-state index in [0.29, 0.717) is 32.8 Å². The van der Waals surface area contributed by atoms with Gasteiger partial charge in [-0.05, 0) is 17.7 Å². The van der Waals surface area contributed by atoms with Gasteiger partial charge in [-0.2, -0.15) is 4.31 Å². The zero-order valence-corrected chi connectivity index (χ0v) is 15.8. The van der Waals surface area contributed by atoms with Crippen LogP contribution in [0.25, 0.3) is 11.0 Å². The molecule has 0 unspecified atom stereocenters. The van der Waals surface area contributed by atoms with Gasteiger partial charge in [-0.15, -0.1) is 0 Å². The minimum absolute atomic E-state index is 0.0328. The lowest BCUT2D eigenvalue weighted by atomic mass is 10.2. The lowest BCUT2D eigenvalue weighted by Crippen LogP contribution is -3.14. The molecule has 1 aliphatic rings. The summed E-state index contributed by atoms with van der Waals surface area (Å²) in [5.41, 5.74) is 2.39. The Kier molecular flexibility index (Phi) is 4.86. The van der Waals surface area contributed by atoms with Crippen LogP contribution >= 0.6 is 0 Å². The van der Waals surface area contributed by atoms with Gasteiger partial charge in [0.1, 0.15) is 0 Å². The molecule has 0 aliphatic carbocycles. The number of sulfonamides is 1. The van der Waals surface area contributed by atoms with Gasteiger partial charge in [0.15, 0.2) is 6.67 Å². The van der Waals surface area contributed by atoms with Crippen molar-refractivity contribution >= 4 is 21.1 Å². The van der Waals surface area contributed by atoms with Crippen LogP contribution in [-0.2, 0) is 22.4 Å². The Morgan fingerprint density at radius 3 is 2.37 bits per heavy atom. The Hall–Kier alpha value is -2.42. The number of aromatic amines is 1. The van der Waals surface area contributed by atoms with Crippen molar-refractivity contribution in [3.8, 4) is 0 Å². The topological polar surface area (TPSA) is 79.6 Å². The second-order valence-corrected chi connectivity index (χ2v) is 8.89. The van der Waals surface area contributed by atoms with E-state index in [9.17, 15) is 13.2 Å². The van der Waals surface area contributed by atoms with Crippen LogP contribution in [0.1, 0.15) is 5.56 Å². The number of H-pyrrole nitrogens is 1. The molecule has 3 aromatic rings. The predicted molar refractivity (Wildman–Crippen MR) is 104 cm³/mol. The average Bonchev–Trinajstić information content (AvgIpc) is 2.98. The molecule has 1 fully saturated rings. The van der Waals surface area contributed by atoms with Gasteiger partial charge >= 0.3 is 5.69 Å². The van der Waals surface area contributed by atoms with Gasteiger partial charge in [-0.1, -0.05) is 42.5 Å². The number of para-hydroxylation sites is 2. The van der Waals surface area contributed by atoms with Gasteiger partial charge in [0, 0.05) is 0 Å². The molecule has 8 heteroatoms. The van der Waals surface area contributed by atoms with Gasteiger partial charge in [-0.3, -0.25) is 0 Å². The Labute approximate surface area is 157 Å². The number of imidazole rings is 1. The lowest BCUT2D eigenvalue weighted by molar-refractivity contribution is -0.926. The molecule has 1 aliphatic heterocycles. The summed E-state index contributed by atoms with van der Waals surface area (Å²) in [5, 5.41) is 0. The lowest BCUT2D eigenvalue weighted by Gasteiger charge is -2.31. The predicted octanol–water partition coefficient (Wildman–Crippen LogP) is 0.0176. The molecule has 2 aromatic carbocycles. The quantitative estimate of drug-likeness (QED) is 0.648. The van der Waals surface area contributed by atoms with Gasteiger partial charge in [0.2, 0.25) is 10.0 Å². The fourth-order valence-corrected chi connectivity index (χ4v) is 5.14. The summed E-state index contributed by atoms with van der Waals surface area (Å²) in [5.74, 6) is 0.0328. The summed E-state index contributed by atoms with van der Waals surface area (Å²) in [6.45, 7) is 2.85. The first kappa shape index (κ1) is 18.0. The number of aromatic nitrogens is 2. The maximum Gasteiger partial charge on any atom is 0.330 e. The number of hydrogen-bond acceptors (Lipinski definition) is 3. The molecule has 1 saturated heterocycles. The van der Waals surface area contributed by atoms with Gasteiger partial charge in [-0.25, -0.2) is 17.8 Å². The molecule has 27 heavy (non-hydrogen) atoms. The van der Waals surface area contributed by atoms with Crippen molar-refractivity contribution in [2.45, 2.75) is 12.4 Å². The Bertz CT molecular complexity index is 1080. The molecule has 4 rings (SSSR count). The number of rotatable bonds is 5. The summed E-state index contributed by atoms with van der Waals surface area (Å²) in [7, 11) is -3.32.